The number of nitrogens with zero attached hydrogens (tertiary/aromatic N) is 1. The zero-order valence-electron chi connectivity index (χ0n) is 40.7. The number of aliphatic carboxylic acids is 1. The number of carbonyl (C=O) groups excluding carboxylic acids is 3. The van der Waals surface area contributed by atoms with Crippen LogP contribution in [0.4, 0.5) is 0 Å². The Hall–Kier alpha value is -3.53. The van der Waals surface area contributed by atoms with Crippen LogP contribution in [0.2, 0.25) is 0 Å². The van der Waals surface area contributed by atoms with E-state index in [1.807, 2.05) is 33.3 Å². The van der Waals surface area contributed by atoms with E-state index in [2.05, 4.69) is 86.8 Å². The monoisotopic (exact) mass is 882 g/mol. The number of unbranched alkanes of at least 4 members (excludes halogenated alkanes) is 15. The summed E-state index contributed by atoms with van der Waals surface area (Å²) < 4.78 is 22.5. The van der Waals surface area contributed by atoms with Crippen LogP contribution in [-0.2, 0) is 33.3 Å². The highest BCUT2D eigenvalue weighted by molar-refractivity contribution is 5.70. The SMILES string of the molecule is CC/C=C\C/C=C\C/C=C\C/C=C\C/C=C\C/C=C\CCC(=O)OC(COC(=O)CCCCCCCCCCC/C=C\CCCCCCCC)COC(OCC[N+](C)(C)C)C(=O)[O-]. The van der Waals surface area contributed by atoms with Crippen LogP contribution in [0.1, 0.15) is 181 Å². The van der Waals surface area contributed by atoms with Crippen molar-refractivity contribution in [1.82, 2.24) is 0 Å². The Labute approximate surface area is 385 Å². The molecule has 2 atom stereocenters. The molecule has 0 heterocycles. The smallest absolute Gasteiger partial charge is 0.306 e. The second-order valence-corrected chi connectivity index (χ2v) is 17.4. The molecule has 63 heavy (non-hydrogen) atoms. The summed E-state index contributed by atoms with van der Waals surface area (Å²) in [7, 11) is 5.88. The Balaban J connectivity index is 4.50. The molecule has 0 rings (SSSR count). The molecule has 9 heteroatoms. The summed E-state index contributed by atoms with van der Waals surface area (Å²) in [6.45, 7) is 4.52. The first kappa shape index (κ1) is 59.5. The molecule has 0 aromatic rings. The van der Waals surface area contributed by atoms with Crippen molar-refractivity contribution in [2.45, 2.75) is 193 Å². The van der Waals surface area contributed by atoms with Gasteiger partial charge in [-0.25, -0.2) is 0 Å². The van der Waals surface area contributed by atoms with Crippen LogP contribution in [0.5, 0.6) is 0 Å². The predicted molar refractivity (Wildman–Crippen MR) is 260 cm³/mol. The average molecular weight is 882 g/mol. The van der Waals surface area contributed by atoms with E-state index in [-0.39, 0.29) is 38.6 Å². The fourth-order valence-corrected chi connectivity index (χ4v) is 6.32. The number of ether oxygens (including phenoxy) is 4. The summed E-state index contributed by atoms with van der Waals surface area (Å²) >= 11 is 0. The molecule has 0 saturated carbocycles. The zero-order chi connectivity index (χ0) is 46.3. The summed E-state index contributed by atoms with van der Waals surface area (Å²) in [6.07, 6.45) is 54.9. The van der Waals surface area contributed by atoms with Crippen molar-refractivity contribution in [3.63, 3.8) is 0 Å². The minimum absolute atomic E-state index is 0.118. The molecule has 0 aliphatic heterocycles. The Morgan fingerprint density at radius 3 is 1.41 bits per heavy atom. The van der Waals surface area contributed by atoms with E-state index < -0.39 is 24.3 Å². The summed E-state index contributed by atoms with van der Waals surface area (Å²) in [4.78, 5) is 37.1. The molecule has 0 amide bonds. The molecule has 9 nitrogen and oxygen atoms in total. The van der Waals surface area contributed by atoms with Crippen molar-refractivity contribution < 1.29 is 42.9 Å². The number of carbonyl (C=O) groups is 3. The quantitative estimate of drug-likeness (QED) is 0.0196. The van der Waals surface area contributed by atoms with Crippen LogP contribution in [0, 0.1) is 0 Å². The molecular formula is C54H91NO8. The van der Waals surface area contributed by atoms with Gasteiger partial charge >= 0.3 is 11.9 Å². The molecule has 360 valence electrons. The molecule has 0 aromatic heterocycles. The van der Waals surface area contributed by atoms with Gasteiger partial charge in [-0.2, -0.15) is 0 Å². The number of rotatable bonds is 44. The third-order valence-corrected chi connectivity index (χ3v) is 10.1. The lowest BCUT2D eigenvalue weighted by Crippen LogP contribution is -2.44. The van der Waals surface area contributed by atoms with Crippen LogP contribution < -0.4 is 5.11 Å². The Kier molecular flexibility index (Phi) is 42.5. The summed E-state index contributed by atoms with van der Waals surface area (Å²) in [5, 5.41) is 11.7. The van der Waals surface area contributed by atoms with Crippen LogP contribution in [0.3, 0.4) is 0 Å². The Morgan fingerprint density at radius 1 is 0.492 bits per heavy atom. The van der Waals surface area contributed by atoms with Gasteiger partial charge in [-0.1, -0.05) is 176 Å². The summed E-state index contributed by atoms with van der Waals surface area (Å²) in [6, 6.07) is 0. The maximum Gasteiger partial charge on any atom is 0.306 e. The van der Waals surface area contributed by atoms with E-state index >= 15 is 0 Å². The van der Waals surface area contributed by atoms with E-state index in [9.17, 15) is 19.5 Å². The highest BCUT2D eigenvalue weighted by Gasteiger charge is 2.21. The Morgan fingerprint density at radius 2 is 0.937 bits per heavy atom. The third-order valence-electron chi connectivity index (χ3n) is 10.1. The van der Waals surface area contributed by atoms with E-state index in [0.717, 1.165) is 64.2 Å². The predicted octanol–water partition coefficient (Wildman–Crippen LogP) is 12.3. The van der Waals surface area contributed by atoms with Gasteiger partial charge in [-0.15, -0.1) is 0 Å². The number of hydrogen-bond acceptors (Lipinski definition) is 8. The lowest BCUT2D eigenvalue weighted by Gasteiger charge is -2.26. The number of esters is 2. The van der Waals surface area contributed by atoms with Gasteiger partial charge in [0.15, 0.2) is 12.4 Å². The maximum absolute atomic E-state index is 12.8. The fourth-order valence-electron chi connectivity index (χ4n) is 6.32. The number of hydrogen-bond donors (Lipinski definition) is 0. The van der Waals surface area contributed by atoms with E-state index in [1.165, 1.54) is 83.5 Å². The van der Waals surface area contributed by atoms with Crippen LogP contribution in [0.25, 0.3) is 0 Å². The van der Waals surface area contributed by atoms with Crippen molar-refractivity contribution >= 4 is 17.9 Å². The molecule has 0 aromatic carbocycles. The van der Waals surface area contributed by atoms with E-state index in [0.29, 0.717) is 17.4 Å². The van der Waals surface area contributed by atoms with Crippen LogP contribution in [-0.4, -0.2) is 82.3 Å². The first-order valence-electron chi connectivity index (χ1n) is 24.7. The van der Waals surface area contributed by atoms with Crippen LogP contribution >= 0.6 is 0 Å². The number of carboxylic acids is 1. The lowest BCUT2D eigenvalue weighted by molar-refractivity contribution is -0.870. The number of likely N-dealkylation sites (N-methyl/N-ethyl adjacent to an activating group) is 1. The highest BCUT2D eigenvalue weighted by atomic mass is 16.7. The van der Waals surface area contributed by atoms with Crippen LogP contribution in [0.15, 0.2) is 85.1 Å². The van der Waals surface area contributed by atoms with Crippen molar-refractivity contribution in [2.24, 2.45) is 0 Å². The molecule has 0 bridgehead atoms. The first-order valence-corrected chi connectivity index (χ1v) is 24.7. The van der Waals surface area contributed by atoms with Crippen molar-refractivity contribution in [1.29, 1.82) is 0 Å². The first-order chi connectivity index (χ1) is 30.6. The van der Waals surface area contributed by atoms with Gasteiger partial charge in [-0.3, -0.25) is 9.59 Å². The van der Waals surface area contributed by atoms with Gasteiger partial charge in [0.1, 0.15) is 13.2 Å². The highest BCUT2D eigenvalue weighted by Crippen LogP contribution is 2.13. The fraction of sp³-hybridized carbons (Fsp3) is 0.685. The van der Waals surface area contributed by atoms with E-state index in [1.54, 1.807) is 0 Å². The normalized spacial score (nSPS) is 13.6. The molecule has 0 N–H and O–H groups in total. The minimum atomic E-state index is -1.64. The van der Waals surface area contributed by atoms with Gasteiger partial charge < -0.3 is 33.3 Å². The molecule has 2 unspecified atom stereocenters. The standard InChI is InChI=1S/C54H91NO8/c1-6-8-10-12-14-16-18-20-22-24-26-28-30-32-34-36-38-40-42-44-51(56)61-48-50(49-62-54(53(58)59)60-47-46-55(3,4)5)63-52(57)45-43-41-39-37-35-33-31-29-27-25-23-21-19-17-15-13-11-9-7-2/h9,11,15,17,20-23,27,29,33,35,39,41,50,54H,6-8,10,12-14,16,18-19,24-26,28,30-32,34,36-38,40,42-49H2,1-5H3/b11-9-,17-15-,22-20-,23-21-,29-27-,35-33-,41-39-. The molecule has 0 aliphatic rings. The second-order valence-electron chi connectivity index (χ2n) is 17.4. The van der Waals surface area contributed by atoms with Gasteiger partial charge in [0.25, 0.3) is 0 Å². The van der Waals surface area contributed by atoms with E-state index in [4.69, 9.17) is 18.9 Å². The molecule has 0 aliphatic carbocycles. The largest absolute Gasteiger partial charge is 0.545 e. The maximum atomic E-state index is 12.8. The minimum Gasteiger partial charge on any atom is -0.545 e. The van der Waals surface area contributed by atoms with Gasteiger partial charge in [-0.05, 0) is 77.0 Å². The lowest BCUT2D eigenvalue weighted by atomic mass is 10.1. The van der Waals surface area contributed by atoms with Gasteiger partial charge in [0.05, 0.1) is 40.3 Å². The zero-order valence-corrected chi connectivity index (χ0v) is 40.7. The van der Waals surface area contributed by atoms with Gasteiger partial charge in [0.2, 0.25) is 0 Å². The number of quaternary nitrogens is 1. The summed E-state index contributed by atoms with van der Waals surface area (Å²) in [5.74, 6) is -2.41. The second kappa shape index (κ2) is 45.1. The average Bonchev–Trinajstić information content (AvgIpc) is 3.24. The molecule has 0 radical (unpaired) electrons. The molecule has 0 spiro atoms. The Bertz CT molecular complexity index is 1300. The molecule has 0 saturated heterocycles. The third kappa shape index (κ3) is 46.3. The topological polar surface area (TPSA) is 111 Å². The number of carboxylic acid groups (broad SMARTS) is 1. The van der Waals surface area contributed by atoms with Gasteiger partial charge in [0, 0.05) is 12.8 Å². The number of allylic oxidation sites excluding steroid dienone is 14. The molecule has 0 fully saturated rings. The van der Waals surface area contributed by atoms with Crippen molar-refractivity contribution in [3.8, 4) is 0 Å². The molecular weight excluding hydrogens is 791 g/mol. The van der Waals surface area contributed by atoms with Crippen molar-refractivity contribution in [3.05, 3.63) is 85.1 Å². The summed E-state index contributed by atoms with van der Waals surface area (Å²) in [5.41, 5.74) is 0. The van der Waals surface area contributed by atoms with Crippen molar-refractivity contribution in [2.75, 3.05) is 47.5 Å².